The lowest BCUT2D eigenvalue weighted by atomic mass is 9.84. The number of carbonyl (C=O) groups is 2. The standard InChI is InChI=1S/C22H23N5O2S/c28-21(16-5-4-6-16)25-9-11-26(12-10-25)22(29)19-15-30-20(24-19)17-13-23-27(14-17)18-7-2-1-3-8-18/h1-3,7-8,13-16H,4-6,9-12H2. The number of benzene rings is 1. The Kier molecular flexibility index (Phi) is 5.08. The van der Waals surface area contributed by atoms with Crippen molar-refractivity contribution in [2.75, 3.05) is 26.2 Å². The minimum Gasteiger partial charge on any atom is -0.339 e. The van der Waals surface area contributed by atoms with Crippen molar-refractivity contribution >= 4 is 23.2 Å². The van der Waals surface area contributed by atoms with Gasteiger partial charge in [0, 0.05) is 49.2 Å². The van der Waals surface area contributed by atoms with Gasteiger partial charge in [-0.15, -0.1) is 11.3 Å². The van der Waals surface area contributed by atoms with Gasteiger partial charge in [-0.1, -0.05) is 24.6 Å². The third-order valence-electron chi connectivity index (χ3n) is 5.91. The lowest BCUT2D eigenvalue weighted by molar-refractivity contribution is -0.139. The van der Waals surface area contributed by atoms with Gasteiger partial charge < -0.3 is 9.80 Å². The molecule has 0 atom stereocenters. The fourth-order valence-corrected chi connectivity index (χ4v) is 4.63. The molecule has 0 unspecified atom stereocenters. The zero-order valence-corrected chi connectivity index (χ0v) is 17.4. The van der Waals surface area contributed by atoms with Crippen molar-refractivity contribution < 1.29 is 9.59 Å². The molecule has 7 nitrogen and oxygen atoms in total. The molecule has 30 heavy (non-hydrogen) atoms. The molecule has 8 heteroatoms. The molecule has 1 aliphatic heterocycles. The van der Waals surface area contributed by atoms with Gasteiger partial charge in [0.25, 0.3) is 5.91 Å². The van der Waals surface area contributed by atoms with Crippen LogP contribution in [0.3, 0.4) is 0 Å². The summed E-state index contributed by atoms with van der Waals surface area (Å²) in [6, 6.07) is 9.88. The van der Waals surface area contributed by atoms with Crippen LogP contribution in [0.15, 0.2) is 48.1 Å². The number of hydrogen-bond donors (Lipinski definition) is 0. The number of amides is 2. The molecule has 2 aromatic heterocycles. The van der Waals surface area contributed by atoms with Crippen molar-refractivity contribution in [2.45, 2.75) is 19.3 Å². The van der Waals surface area contributed by atoms with Crippen LogP contribution in [-0.4, -0.2) is 62.6 Å². The highest BCUT2D eigenvalue weighted by Crippen LogP contribution is 2.29. The zero-order valence-electron chi connectivity index (χ0n) is 16.6. The van der Waals surface area contributed by atoms with Gasteiger partial charge in [-0.3, -0.25) is 9.59 Å². The molecule has 3 aromatic rings. The summed E-state index contributed by atoms with van der Waals surface area (Å²) in [5.41, 5.74) is 2.32. The second-order valence-electron chi connectivity index (χ2n) is 7.79. The maximum absolute atomic E-state index is 12.9. The Morgan fingerprint density at radius 2 is 1.73 bits per heavy atom. The van der Waals surface area contributed by atoms with E-state index in [0.717, 1.165) is 35.5 Å². The Labute approximate surface area is 178 Å². The number of piperazine rings is 1. The molecule has 2 fully saturated rings. The molecule has 0 spiro atoms. The number of thiazole rings is 1. The quantitative estimate of drug-likeness (QED) is 0.649. The van der Waals surface area contributed by atoms with E-state index in [0.29, 0.717) is 31.9 Å². The van der Waals surface area contributed by atoms with Crippen molar-refractivity contribution in [3.63, 3.8) is 0 Å². The van der Waals surface area contributed by atoms with E-state index in [2.05, 4.69) is 10.1 Å². The van der Waals surface area contributed by atoms with E-state index in [1.165, 1.54) is 11.3 Å². The lowest BCUT2D eigenvalue weighted by Gasteiger charge is -2.38. The smallest absolute Gasteiger partial charge is 0.273 e. The van der Waals surface area contributed by atoms with E-state index in [9.17, 15) is 9.59 Å². The first-order valence-electron chi connectivity index (χ1n) is 10.3. The number of rotatable bonds is 4. The maximum Gasteiger partial charge on any atom is 0.273 e. The maximum atomic E-state index is 12.9. The first-order valence-corrected chi connectivity index (χ1v) is 11.2. The fraction of sp³-hybridized carbons (Fsp3) is 0.364. The molecular formula is C22H23N5O2S. The Morgan fingerprint density at radius 1 is 1.00 bits per heavy atom. The zero-order chi connectivity index (χ0) is 20.5. The van der Waals surface area contributed by atoms with Crippen molar-refractivity contribution in [3.8, 4) is 16.3 Å². The SMILES string of the molecule is O=C(c1csc(-c2cnn(-c3ccccc3)c2)n1)N1CCN(C(=O)C2CCC2)CC1. The van der Waals surface area contributed by atoms with Crippen LogP contribution in [0.25, 0.3) is 16.3 Å². The van der Waals surface area contributed by atoms with Crippen LogP contribution >= 0.6 is 11.3 Å². The van der Waals surface area contributed by atoms with E-state index < -0.39 is 0 Å². The molecule has 1 saturated carbocycles. The van der Waals surface area contributed by atoms with Gasteiger partial charge in [0.2, 0.25) is 5.91 Å². The third-order valence-corrected chi connectivity index (χ3v) is 6.80. The van der Waals surface area contributed by atoms with Gasteiger partial charge in [-0.05, 0) is 25.0 Å². The normalized spacial score (nSPS) is 17.1. The minimum atomic E-state index is -0.0660. The number of para-hydroxylation sites is 1. The number of nitrogens with zero attached hydrogens (tertiary/aromatic N) is 5. The monoisotopic (exact) mass is 421 g/mol. The van der Waals surface area contributed by atoms with E-state index >= 15 is 0 Å². The van der Waals surface area contributed by atoms with Crippen molar-refractivity contribution in [1.29, 1.82) is 0 Å². The Morgan fingerprint density at radius 3 is 2.43 bits per heavy atom. The van der Waals surface area contributed by atoms with Gasteiger partial charge in [0.1, 0.15) is 10.7 Å². The highest BCUT2D eigenvalue weighted by molar-refractivity contribution is 7.13. The first kappa shape index (κ1) is 19.0. The third kappa shape index (κ3) is 3.63. The molecule has 1 saturated heterocycles. The van der Waals surface area contributed by atoms with Crippen molar-refractivity contribution in [3.05, 3.63) is 53.8 Å². The minimum absolute atomic E-state index is 0.0660. The van der Waals surface area contributed by atoms with Crippen LogP contribution in [0.4, 0.5) is 0 Å². The number of carbonyl (C=O) groups excluding carboxylic acids is 2. The Bertz CT molecular complexity index is 1050. The molecule has 3 heterocycles. The molecular weight excluding hydrogens is 398 g/mol. The summed E-state index contributed by atoms with van der Waals surface area (Å²) in [5.74, 6) is 0.411. The van der Waals surface area contributed by atoms with E-state index in [1.807, 2.05) is 46.8 Å². The van der Waals surface area contributed by atoms with Crippen molar-refractivity contribution in [2.24, 2.45) is 5.92 Å². The average molecular weight is 422 g/mol. The molecule has 0 bridgehead atoms. The molecule has 0 radical (unpaired) electrons. The summed E-state index contributed by atoms with van der Waals surface area (Å²) in [5, 5.41) is 6.99. The van der Waals surface area contributed by atoms with Crippen LogP contribution in [0, 0.1) is 5.92 Å². The van der Waals surface area contributed by atoms with Crippen LogP contribution in [0.5, 0.6) is 0 Å². The molecule has 1 aromatic carbocycles. The van der Waals surface area contributed by atoms with Crippen LogP contribution in [0.1, 0.15) is 29.8 Å². The van der Waals surface area contributed by atoms with E-state index in [1.54, 1.807) is 15.8 Å². The van der Waals surface area contributed by atoms with Gasteiger partial charge in [-0.2, -0.15) is 5.10 Å². The summed E-state index contributed by atoms with van der Waals surface area (Å²) in [6.45, 7) is 2.36. The van der Waals surface area contributed by atoms with Crippen LogP contribution < -0.4 is 0 Å². The number of aromatic nitrogens is 3. The summed E-state index contributed by atoms with van der Waals surface area (Å²) >= 11 is 1.45. The predicted octanol–water partition coefficient (Wildman–Crippen LogP) is 3.08. The van der Waals surface area contributed by atoms with Gasteiger partial charge in [0.15, 0.2) is 0 Å². The second-order valence-corrected chi connectivity index (χ2v) is 8.65. The van der Waals surface area contributed by atoms with E-state index in [4.69, 9.17) is 0 Å². The second kappa shape index (κ2) is 8.02. The average Bonchev–Trinajstić information content (AvgIpc) is 3.42. The topological polar surface area (TPSA) is 71.3 Å². The fourth-order valence-electron chi connectivity index (χ4n) is 3.87. The lowest BCUT2D eigenvalue weighted by Crippen LogP contribution is -2.52. The molecule has 5 rings (SSSR count). The van der Waals surface area contributed by atoms with Crippen LogP contribution in [0.2, 0.25) is 0 Å². The Hall–Kier alpha value is -3.00. The summed E-state index contributed by atoms with van der Waals surface area (Å²) < 4.78 is 1.80. The summed E-state index contributed by atoms with van der Waals surface area (Å²) in [7, 11) is 0. The molecule has 154 valence electrons. The molecule has 1 aliphatic carbocycles. The number of hydrogen-bond acceptors (Lipinski definition) is 5. The highest BCUT2D eigenvalue weighted by atomic mass is 32.1. The summed E-state index contributed by atoms with van der Waals surface area (Å²) in [4.78, 5) is 33.6. The van der Waals surface area contributed by atoms with Gasteiger partial charge >= 0.3 is 0 Å². The predicted molar refractivity (Wildman–Crippen MR) is 114 cm³/mol. The first-order chi connectivity index (χ1) is 14.7. The van der Waals surface area contributed by atoms with Gasteiger partial charge in [0.05, 0.1) is 11.9 Å². The Balaban J connectivity index is 1.23. The largest absolute Gasteiger partial charge is 0.339 e. The highest BCUT2D eigenvalue weighted by Gasteiger charge is 2.32. The summed E-state index contributed by atoms with van der Waals surface area (Å²) in [6.07, 6.45) is 6.88. The molecule has 2 amide bonds. The molecule has 2 aliphatic rings. The van der Waals surface area contributed by atoms with Gasteiger partial charge in [-0.25, -0.2) is 9.67 Å². The molecule has 0 N–H and O–H groups in total. The van der Waals surface area contributed by atoms with E-state index in [-0.39, 0.29) is 17.7 Å². The van der Waals surface area contributed by atoms with Crippen LogP contribution in [-0.2, 0) is 4.79 Å². The van der Waals surface area contributed by atoms with Crippen molar-refractivity contribution in [1.82, 2.24) is 24.6 Å².